The summed E-state index contributed by atoms with van der Waals surface area (Å²) in [6.45, 7) is 2.38. The second-order valence-corrected chi connectivity index (χ2v) is 6.89. The van der Waals surface area contributed by atoms with E-state index in [1.54, 1.807) is 11.3 Å². The van der Waals surface area contributed by atoms with E-state index in [2.05, 4.69) is 31.9 Å². The topological polar surface area (TPSA) is 70.2 Å². The molecule has 1 aromatic heterocycles. The number of urea groups is 1. The Morgan fingerprint density at radius 2 is 2.04 bits per heavy atom. The summed E-state index contributed by atoms with van der Waals surface area (Å²) in [7, 11) is 0. The normalized spacial score (nSPS) is 10.2. The minimum Gasteiger partial charge on any atom is -0.338 e. The first-order chi connectivity index (χ1) is 11.0. The van der Waals surface area contributed by atoms with Gasteiger partial charge < -0.3 is 16.0 Å². The summed E-state index contributed by atoms with van der Waals surface area (Å²) < 4.78 is 0.955. The van der Waals surface area contributed by atoms with Crippen molar-refractivity contribution in [1.82, 2.24) is 10.6 Å². The fourth-order valence-electron chi connectivity index (χ4n) is 1.94. The predicted molar refractivity (Wildman–Crippen MR) is 96.9 cm³/mol. The maximum absolute atomic E-state index is 11.9. The van der Waals surface area contributed by atoms with Crippen molar-refractivity contribution in [1.29, 1.82) is 0 Å². The fraction of sp³-hybridized carbons (Fsp3) is 0.250. The summed E-state index contributed by atoms with van der Waals surface area (Å²) in [5.74, 6) is -0.260. The molecule has 0 fully saturated rings. The Kier molecular flexibility index (Phi) is 6.61. The van der Waals surface area contributed by atoms with Gasteiger partial charge in [-0.25, -0.2) is 4.79 Å². The van der Waals surface area contributed by atoms with Gasteiger partial charge in [0.1, 0.15) is 0 Å². The van der Waals surface area contributed by atoms with E-state index in [1.807, 2.05) is 42.6 Å². The van der Waals surface area contributed by atoms with E-state index in [1.165, 1.54) is 4.88 Å². The number of thiophene rings is 1. The van der Waals surface area contributed by atoms with Crippen LogP contribution >= 0.6 is 27.3 Å². The van der Waals surface area contributed by atoms with E-state index in [0.29, 0.717) is 6.54 Å². The lowest BCUT2D eigenvalue weighted by atomic mass is 10.2. The van der Waals surface area contributed by atoms with Gasteiger partial charge in [-0.15, -0.1) is 11.3 Å². The Bertz CT molecular complexity index is 674. The lowest BCUT2D eigenvalue weighted by molar-refractivity contribution is -0.115. The first-order valence-electron chi connectivity index (χ1n) is 7.14. The number of hydrogen-bond donors (Lipinski definition) is 3. The molecule has 1 heterocycles. The van der Waals surface area contributed by atoms with Crippen LogP contribution in [0, 0.1) is 6.92 Å². The monoisotopic (exact) mass is 395 g/mol. The summed E-state index contributed by atoms with van der Waals surface area (Å²) in [4.78, 5) is 24.7. The molecular weight excluding hydrogens is 378 g/mol. The molecule has 2 aromatic rings. The molecule has 122 valence electrons. The number of rotatable bonds is 6. The number of carbonyl (C=O) groups is 2. The molecule has 0 bridgehead atoms. The number of benzene rings is 1. The average Bonchev–Trinajstić information content (AvgIpc) is 3.01. The number of nitrogens with one attached hydrogen (secondary N) is 3. The van der Waals surface area contributed by atoms with Gasteiger partial charge in [-0.1, -0.05) is 22.0 Å². The molecule has 0 unspecified atom stereocenters. The van der Waals surface area contributed by atoms with E-state index in [0.717, 1.165) is 22.1 Å². The van der Waals surface area contributed by atoms with E-state index in [4.69, 9.17) is 0 Å². The molecule has 2 rings (SSSR count). The first-order valence-corrected chi connectivity index (χ1v) is 8.82. The van der Waals surface area contributed by atoms with Crippen LogP contribution in [-0.4, -0.2) is 25.0 Å². The molecule has 0 aliphatic heterocycles. The van der Waals surface area contributed by atoms with Crippen LogP contribution in [0.1, 0.15) is 10.4 Å². The van der Waals surface area contributed by atoms with Crippen LogP contribution in [0.15, 0.2) is 40.2 Å². The van der Waals surface area contributed by atoms with Crippen molar-refractivity contribution in [3.8, 4) is 0 Å². The third-order valence-electron chi connectivity index (χ3n) is 3.11. The van der Waals surface area contributed by atoms with Crippen molar-refractivity contribution in [3.05, 3.63) is 50.6 Å². The summed E-state index contributed by atoms with van der Waals surface area (Å²) >= 11 is 5.03. The van der Waals surface area contributed by atoms with Gasteiger partial charge >= 0.3 is 6.03 Å². The van der Waals surface area contributed by atoms with Crippen LogP contribution in [0.5, 0.6) is 0 Å². The van der Waals surface area contributed by atoms with Crippen LogP contribution in [0.3, 0.4) is 0 Å². The highest BCUT2D eigenvalue weighted by molar-refractivity contribution is 9.10. The van der Waals surface area contributed by atoms with Crippen LogP contribution in [-0.2, 0) is 11.2 Å². The zero-order valence-corrected chi connectivity index (χ0v) is 15.1. The molecule has 0 spiro atoms. The van der Waals surface area contributed by atoms with Gasteiger partial charge in [-0.3, -0.25) is 4.79 Å². The maximum Gasteiger partial charge on any atom is 0.315 e. The Hall–Kier alpha value is -1.86. The lowest BCUT2D eigenvalue weighted by Gasteiger charge is -2.10. The van der Waals surface area contributed by atoms with Gasteiger partial charge in [0.15, 0.2) is 0 Å². The largest absolute Gasteiger partial charge is 0.338 e. The number of aryl methyl sites for hydroxylation is 1. The summed E-state index contributed by atoms with van der Waals surface area (Å²) in [6.07, 6.45) is 0.787. The molecule has 1 aromatic carbocycles. The highest BCUT2D eigenvalue weighted by atomic mass is 79.9. The molecule has 5 nitrogen and oxygen atoms in total. The van der Waals surface area contributed by atoms with E-state index in [-0.39, 0.29) is 18.5 Å². The minimum absolute atomic E-state index is 0.0691. The van der Waals surface area contributed by atoms with E-state index < -0.39 is 0 Å². The van der Waals surface area contributed by atoms with Gasteiger partial charge in [-0.2, -0.15) is 0 Å². The summed E-state index contributed by atoms with van der Waals surface area (Å²) in [5.41, 5.74) is 1.69. The highest BCUT2D eigenvalue weighted by Crippen LogP contribution is 2.19. The average molecular weight is 396 g/mol. The van der Waals surface area contributed by atoms with Crippen molar-refractivity contribution < 1.29 is 9.59 Å². The Morgan fingerprint density at radius 3 is 2.74 bits per heavy atom. The standard InChI is InChI=1S/C16H18BrN3O2S/c1-11-9-12(17)4-5-14(11)20-15(21)10-19-16(22)18-7-6-13-3-2-8-23-13/h2-5,8-9H,6-7,10H2,1H3,(H,20,21)(H2,18,19,22). The Labute approximate surface area is 147 Å². The molecule has 0 aliphatic carbocycles. The quantitative estimate of drug-likeness (QED) is 0.701. The van der Waals surface area contributed by atoms with Gasteiger partial charge in [-0.05, 0) is 48.6 Å². The predicted octanol–water partition coefficient (Wildman–Crippen LogP) is 3.30. The Balaban J connectivity index is 1.68. The SMILES string of the molecule is Cc1cc(Br)ccc1NC(=O)CNC(=O)NCCc1cccs1. The molecule has 23 heavy (non-hydrogen) atoms. The second-order valence-electron chi connectivity index (χ2n) is 4.95. The maximum atomic E-state index is 11.9. The van der Waals surface area contributed by atoms with Crippen molar-refractivity contribution in [2.24, 2.45) is 0 Å². The molecule has 7 heteroatoms. The number of anilines is 1. The van der Waals surface area contributed by atoms with Crippen LogP contribution < -0.4 is 16.0 Å². The van der Waals surface area contributed by atoms with Gasteiger partial charge in [0, 0.05) is 21.6 Å². The van der Waals surface area contributed by atoms with Crippen molar-refractivity contribution in [2.75, 3.05) is 18.4 Å². The zero-order chi connectivity index (χ0) is 16.7. The fourth-order valence-corrected chi connectivity index (χ4v) is 3.12. The molecule has 3 amide bonds. The summed E-state index contributed by atoms with van der Waals surface area (Å²) in [6, 6.07) is 9.25. The molecular formula is C16H18BrN3O2S. The highest BCUT2D eigenvalue weighted by Gasteiger charge is 2.07. The summed E-state index contributed by atoms with van der Waals surface area (Å²) in [5, 5.41) is 10.0. The zero-order valence-electron chi connectivity index (χ0n) is 12.7. The molecule has 0 atom stereocenters. The molecule has 0 aliphatic rings. The first kappa shape index (κ1) is 17.5. The third-order valence-corrected chi connectivity index (χ3v) is 4.54. The lowest BCUT2D eigenvalue weighted by Crippen LogP contribution is -2.40. The van der Waals surface area contributed by atoms with Crippen molar-refractivity contribution in [2.45, 2.75) is 13.3 Å². The Morgan fingerprint density at radius 1 is 1.22 bits per heavy atom. The number of halogens is 1. The number of amides is 3. The van der Waals surface area contributed by atoms with Crippen LogP contribution in [0.2, 0.25) is 0 Å². The molecule has 0 radical (unpaired) electrons. The molecule has 0 saturated carbocycles. The van der Waals surface area contributed by atoms with Gasteiger partial charge in [0.05, 0.1) is 6.54 Å². The van der Waals surface area contributed by atoms with Crippen LogP contribution in [0.4, 0.5) is 10.5 Å². The number of hydrogen-bond acceptors (Lipinski definition) is 3. The smallest absolute Gasteiger partial charge is 0.315 e. The third kappa shape index (κ3) is 6.03. The van der Waals surface area contributed by atoms with E-state index >= 15 is 0 Å². The van der Waals surface area contributed by atoms with E-state index in [9.17, 15) is 9.59 Å². The van der Waals surface area contributed by atoms with Crippen molar-refractivity contribution >= 4 is 44.9 Å². The molecule has 0 saturated heterocycles. The van der Waals surface area contributed by atoms with Gasteiger partial charge in [0.25, 0.3) is 0 Å². The number of carbonyl (C=O) groups excluding carboxylic acids is 2. The molecule has 3 N–H and O–H groups in total. The van der Waals surface area contributed by atoms with Crippen LogP contribution in [0.25, 0.3) is 0 Å². The second kappa shape index (κ2) is 8.69. The van der Waals surface area contributed by atoms with Crippen molar-refractivity contribution in [3.63, 3.8) is 0 Å². The minimum atomic E-state index is -0.343. The van der Waals surface area contributed by atoms with Gasteiger partial charge in [0.2, 0.25) is 5.91 Å².